The lowest BCUT2D eigenvalue weighted by Crippen LogP contribution is -2.37. The average Bonchev–Trinajstić information content (AvgIpc) is 2.51. The van der Waals surface area contributed by atoms with Crippen molar-refractivity contribution in [3.05, 3.63) is 69.7 Å². The van der Waals surface area contributed by atoms with Crippen molar-refractivity contribution >= 4 is 11.6 Å². The molecule has 110 valence electrons. The number of nitrogens with zero attached hydrogens (tertiary/aromatic N) is 1. The molecule has 1 aliphatic rings. The SMILES string of the molecule is Cc1ccc(C(CN)N2CCc3ccccc3C2)cc1Cl. The molecule has 2 aromatic carbocycles. The van der Waals surface area contributed by atoms with Gasteiger partial charge in [-0.25, -0.2) is 0 Å². The molecule has 1 atom stereocenters. The monoisotopic (exact) mass is 300 g/mol. The fourth-order valence-corrected chi connectivity index (χ4v) is 3.28. The van der Waals surface area contributed by atoms with Crippen molar-refractivity contribution in [2.75, 3.05) is 13.1 Å². The summed E-state index contributed by atoms with van der Waals surface area (Å²) >= 11 is 6.28. The van der Waals surface area contributed by atoms with Crippen LogP contribution in [-0.2, 0) is 13.0 Å². The van der Waals surface area contributed by atoms with E-state index in [9.17, 15) is 0 Å². The van der Waals surface area contributed by atoms with E-state index < -0.39 is 0 Å². The van der Waals surface area contributed by atoms with Crippen LogP contribution in [0.15, 0.2) is 42.5 Å². The van der Waals surface area contributed by atoms with Gasteiger partial charge in [-0.3, -0.25) is 4.90 Å². The molecular weight excluding hydrogens is 280 g/mol. The predicted molar refractivity (Wildman–Crippen MR) is 88.5 cm³/mol. The molecule has 2 aromatic rings. The van der Waals surface area contributed by atoms with Gasteiger partial charge in [-0.05, 0) is 41.7 Å². The van der Waals surface area contributed by atoms with E-state index in [4.69, 9.17) is 17.3 Å². The molecule has 3 rings (SSSR count). The smallest absolute Gasteiger partial charge is 0.0474 e. The summed E-state index contributed by atoms with van der Waals surface area (Å²) in [4.78, 5) is 2.46. The third-order valence-corrected chi connectivity index (χ3v) is 4.81. The predicted octanol–water partition coefficient (Wildman–Crippen LogP) is 3.71. The van der Waals surface area contributed by atoms with Crippen LogP contribution in [0.5, 0.6) is 0 Å². The Morgan fingerprint density at radius 3 is 2.67 bits per heavy atom. The van der Waals surface area contributed by atoms with Gasteiger partial charge in [0.05, 0.1) is 0 Å². The second-order valence-corrected chi connectivity index (χ2v) is 6.16. The Kier molecular flexibility index (Phi) is 4.29. The van der Waals surface area contributed by atoms with Crippen molar-refractivity contribution in [2.24, 2.45) is 5.73 Å². The lowest BCUT2D eigenvalue weighted by molar-refractivity contribution is 0.183. The first-order valence-electron chi connectivity index (χ1n) is 7.46. The van der Waals surface area contributed by atoms with E-state index >= 15 is 0 Å². The minimum atomic E-state index is 0.233. The Morgan fingerprint density at radius 2 is 1.95 bits per heavy atom. The van der Waals surface area contributed by atoms with E-state index in [2.05, 4.69) is 47.4 Å². The van der Waals surface area contributed by atoms with Gasteiger partial charge >= 0.3 is 0 Å². The highest BCUT2D eigenvalue weighted by Gasteiger charge is 2.23. The molecule has 1 aliphatic heterocycles. The zero-order chi connectivity index (χ0) is 14.8. The van der Waals surface area contributed by atoms with Crippen molar-refractivity contribution < 1.29 is 0 Å². The Hall–Kier alpha value is -1.35. The van der Waals surface area contributed by atoms with E-state index in [1.807, 2.05) is 6.92 Å². The molecular formula is C18H21ClN2. The third kappa shape index (κ3) is 2.98. The van der Waals surface area contributed by atoms with Gasteiger partial charge in [0.15, 0.2) is 0 Å². The fourth-order valence-electron chi connectivity index (χ4n) is 3.10. The highest BCUT2D eigenvalue weighted by atomic mass is 35.5. The van der Waals surface area contributed by atoms with Crippen LogP contribution in [-0.4, -0.2) is 18.0 Å². The van der Waals surface area contributed by atoms with Crippen molar-refractivity contribution in [1.82, 2.24) is 4.90 Å². The summed E-state index contributed by atoms with van der Waals surface area (Å²) in [7, 11) is 0. The zero-order valence-corrected chi connectivity index (χ0v) is 13.1. The number of nitrogens with two attached hydrogens (primary N) is 1. The maximum atomic E-state index is 6.28. The van der Waals surface area contributed by atoms with Gasteiger partial charge in [-0.1, -0.05) is 48.0 Å². The number of fused-ring (bicyclic) bond motifs is 1. The van der Waals surface area contributed by atoms with Gasteiger partial charge in [0.2, 0.25) is 0 Å². The largest absolute Gasteiger partial charge is 0.329 e. The van der Waals surface area contributed by atoms with Crippen molar-refractivity contribution in [3.63, 3.8) is 0 Å². The molecule has 0 fully saturated rings. The number of rotatable bonds is 3. The molecule has 2 N–H and O–H groups in total. The Labute approximate surface area is 131 Å². The minimum absolute atomic E-state index is 0.233. The number of hydrogen-bond acceptors (Lipinski definition) is 2. The summed E-state index contributed by atoms with van der Waals surface area (Å²) < 4.78 is 0. The van der Waals surface area contributed by atoms with Crippen LogP contribution < -0.4 is 5.73 Å². The minimum Gasteiger partial charge on any atom is -0.329 e. The van der Waals surface area contributed by atoms with Crippen molar-refractivity contribution in [3.8, 4) is 0 Å². The second-order valence-electron chi connectivity index (χ2n) is 5.75. The summed E-state index contributed by atoms with van der Waals surface area (Å²) in [6.07, 6.45) is 1.09. The Bertz CT molecular complexity index is 639. The molecule has 21 heavy (non-hydrogen) atoms. The van der Waals surface area contributed by atoms with E-state index in [-0.39, 0.29) is 6.04 Å². The number of halogens is 1. The van der Waals surface area contributed by atoms with Crippen LogP contribution in [0, 0.1) is 6.92 Å². The maximum absolute atomic E-state index is 6.28. The molecule has 0 bridgehead atoms. The topological polar surface area (TPSA) is 29.3 Å². The van der Waals surface area contributed by atoms with E-state index in [0.29, 0.717) is 6.54 Å². The molecule has 0 spiro atoms. The first kappa shape index (κ1) is 14.6. The van der Waals surface area contributed by atoms with Crippen LogP contribution in [0.25, 0.3) is 0 Å². The number of aryl methyl sites for hydroxylation is 1. The summed E-state index contributed by atoms with van der Waals surface area (Å²) in [5.41, 5.74) is 11.3. The highest BCUT2D eigenvalue weighted by Crippen LogP contribution is 2.29. The van der Waals surface area contributed by atoms with Crippen molar-refractivity contribution in [2.45, 2.75) is 25.9 Å². The van der Waals surface area contributed by atoms with Crippen LogP contribution in [0.4, 0.5) is 0 Å². The van der Waals surface area contributed by atoms with Gasteiger partial charge in [-0.2, -0.15) is 0 Å². The third-order valence-electron chi connectivity index (χ3n) is 4.40. The molecule has 3 heteroatoms. The summed E-state index contributed by atoms with van der Waals surface area (Å²) in [5.74, 6) is 0. The van der Waals surface area contributed by atoms with Crippen LogP contribution in [0.1, 0.15) is 28.3 Å². The van der Waals surface area contributed by atoms with E-state index in [1.165, 1.54) is 16.7 Å². The summed E-state index contributed by atoms with van der Waals surface area (Å²) in [6.45, 7) is 4.65. The number of hydrogen-bond donors (Lipinski definition) is 1. The van der Waals surface area contributed by atoms with Gasteiger partial charge in [-0.15, -0.1) is 0 Å². The molecule has 0 saturated heterocycles. The van der Waals surface area contributed by atoms with E-state index in [1.54, 1.807) is 0 Å². The van der Waals surface area contributed by atoms with Crippen LogP contribution >= 0.6 is 11.6 Å². The van der Waals surface area contributed by atoms with Crippen LogP contribution in [0.3, 0.4) is 0 Å². The second kappa shape index (κ2) is 6.18. The lowest BCUT2D eigenvalue weighted by atomic mass is 9.96. The van der Waals surface area contributed by atoms with E-state index in [0.717, 1.165) is 30.1 Å². The maximum Gasteiger partial charge on any atom is 0.0474 e. The Balaban J connectivity index is 1.86. The van der Waals surface area contributed by atoms with Gasteiger partial charge < -0.3 is 5.73 Å². The first-order chi connectivity index (χ1) is 10.2. The standard InChI is InChI=1S/C18H21ClN2/c1-13-6-7-15(10-17(13)19)18(11-20)21-9-8-14-4-2-3-5-16(14)12-21/h2-7,10,18H,8-9,11-12,20H2,1H3. The molecule has 0 amide bonds. The molecule has 2 nitrogen and oxygen atoms in total. The molecule has 0 saturated carbocycles. The summed E-state index contributed by atoms with van der Waals surface area (Å²) in [6, 6.07) is 15.2. The highest BCUT2D eigenvalue weighted by molar-refractivity contribution is 6.31. The normalized spacial score (nSPS) is 16.5. The summed E-state index contributed by atoms with van der Waals surface area (Å²) in [5, 5.41) is 0.823. The average molecular weight is 301 g/mol. The Morgan fingerprint density at radius 1 is 1.19 bits per heavy atom. The quantitative estimate of drug-likeness (QED) is 0.936. The molecule has 1 unspecified atom stereocenters. The van der Waals surface area contributed by atoms with Gasteiger partial charge in [0.25, 0.3) is 0 Å². The van der Waals surface area contributed by atoms with Gasteiger partial charge in [0.1, 0.15) is 0 Å². The lowest BCUT2D eigenvalue weighted by Gasteiger charge is -2.35. The van der Waals surface area contributed by atoms with Gasteiger partial charge in [0, 0.05) is 30.7 Å². The zero-order valence-electron chi connectivity index (χ0n) is 12.3. The number of benzene rings is 2. The molecule has 0 aromatic heterocycles. The molecule has 1 heterocycles. The molecule has 0 radical (unpaired) electrons. The molecule has 0 aliphatic carbocycles. The fraction of sp³-hybridized carbons (Fsp3) is 0.333. The first-order valence-corrected chi connectivity index (χ1v) is 7.84. The van der Waals surface area contributed by atoms with Crippen LogP contribution in [0.2, 0.25) is 5.02 Å². The van der Waals surface area contributed by atoms with Crippen molar-refractivity contribution in [1.29, 1.82) is 0 Å².